The summed E-state index contributed by atoms with van der Waals surface area (Å²) in [6.07, 6.45) is 1.58. The van der Waals surface area contributed by atoms with Crippen LogP contribution in [-0.4, -0.2) is 138 Å². The summed E-state index contributed by atoms with van der Waals surface area (Å²) in [6, 6.07) is 14.9. The van der Waals surface area contributed by atoms with Crippen molar-refractivity contribution in [1.82, 2.24) is 42.2 Å². The van der Waals surface area contributed by atoms with Gasteiger partial charge in [0, 0.05) is 49.6 Å². The Labute approximate surface area is 445 Å². The number of ether oxygens (including phenoxy) is 1. The molecule has 1 aromatic heterocycles. The molecule has 19 N–H and O–H groups in total. The molecule has 414 valence electrons. The first-order chi connectivity index (χ1) is 37.0. The number of benzene rings is 3. The minimum Gasteiger partial charge on any atom is -0.480 e. The van der Waals surface area contributed by atoms with Crippen molar-refractivity contribution in [1.29, 1.82) is 0 Å². The fraction of sp³-hybridized carbons (Fsp3) is 0.423. The molecule has 5 rings (SSSR count). The number of guanidine groups is 2. The number of carboxylic acid groups (broad SMARTS) is 1. The maximum Gasteiger partial charge on any atom is 0.326 e. The largest absolute Gasteiger partial charge is 0.480 e. The molecule has 7 amide bonds. The molecule has 25 nitrogen and oxygen atoms in total. The van der Waals surface area contributed by atoms with Gasteiger partial charge in [0.1, 0.15) is 36.3 Å². The van der Waals surface area contributed by atoms with Crippen molar-refractivity contribution in [3.8, 4) is 0 Å². The van der Waals surface area contributed by atoms with Gasteiger partial charge < -0.3 is 80.7 Å². The lowest BCUT2D eigenvalue weighted by Gasteiger charge is -2.28. The van der Waals surface area contributed by atoms with Gasteiger partial charge in [-0.05, 0) is 67.7 Å². The number of hydrogen-bond donors (Lipinski definition) is 14. The molecule has 2 unspecified atom stereocenters. The summed E-state index contributed by atoms with van der Waals surface area (Å²) in [6.45, 7) is -0.259. The van der Waals surface area contributed by atoms with Gasteiger partial charge in [0.15, 0.2) is 11.9 Å². The van der Waals surface area contributed by atoms with Crippen molar-refractivity contribution >= 4 is 70.1 Å². The lowest BCUT2D eigenvalue weighted by Crippen LogP contribution is -2.61. The highest BCUT2D eigenvalue weighted by Crippen LogP contribution is 2.20. The second-order valence-electron chi connectivity index (χ2n) is 18.5. The number of aromatic nitrogens is 1. The van der Waals surface area contributed by atoms with Crippen LogP contribution >= 0.6 is 0 Å². The van der Waals surface area contributed by atoms with Gasteiger partial charge in [-0.2, -0.15) is 0 Å². The molecule has 1 aliphatic rings. The quantitative estimate of drug-likeness (QED) is 0.0282. The zero-order valence-electron chi connectivity index (χ0n) is 42.7. The number of aliphatic imine (C=N–C) groups is 2. The third kappa shape index (κ3) is 20.2. The number of aliphatic carboxylic acids is 1. The minimum absolute atomic E-state index is 0.00227. The second kappa shape index (κ2) is 30.7. The van der Waals surface area contributed by atoms with Crippen molar-refractivity contribution < 1.29 is 48.2 Å². The Balaban J connectivity index is 1.53. The SMILES string of the molecule is NC(N)=NCCCC(N)C(=O)N[C@H]1CC(=O)NCCCCC(C(=O)O)NC(=O)[C@H](Cc2c[nH]c3ccccc23)NC(=O)[C@H](CCCN=C(N)N)NC(=O)[C@@H](Cc2ccccc2)NC(=O)[C@H](COCc2ccccc2)NC1=O. The van der Waals surface area contributed by atoms with Crippen molar-refractivity contribution in [3.63, 3.8) is 0 Å². The number of rotatable bonds is 19. The van der Waals surface area contributed by atoms with E-state index in [1.165, 1.54) is 0 Å². The predicted octanol–water partition coefficient (Wildman–Crippen LogP) is -1.71. The van der Waals surface area contributed by atoms with Crippen LogP contribution < -0.4 is 65.9 Å². The molecule has 0 bridgehead atoms. The van der Waals surface area contributed by atoms with Crippen LogP contribution in [0, 0.1) is 0 Å². The molecular formula is C52H71N15O10. The van der Waals surface area contributed by atoms with Crippen LogP contribution in [0.15, 0.2) is 101 Å². The highest BCUT2D eigenvalue weighted by molar-refractivity contribution is 5.98. The Kier molecular flexibility index (Phi) is 23.6. The summed E-state index contributed by atoms with van der Waals surface area (Å²) < 4.78 is 5.96. The Morgan fingerprint density at radius 3 is 1.92 bits per heavy atom. The minimum atomic E-state index is -1.61. The van der Waals surface area contributed by atoms with E-state index in [1.54, 1.807) is 66.9 Å². The molecule has 77 heavy (non-hydrogen) atoms. The number of para-hydroxylation sites is 1. The fourth-order valence-electron chi connectivity index (χ4n) is 8.33. The molecule has 4 aromatic rings. The van der Waals surface area contributed by atoms with Gasteiger partial charge in [0.05, 0.1) is 25.7 Å². The zero-order valence-corrected chi connectivity index (χ0v) is 42.7. The number of H-pyrrole nitrogens is 1. The average molecular weight is 1070 g/mol. The number of amides is 7. The van der Waals surface area contributed by atoms with Crippen LogP contribution in [0.25, 0.3) is 10.9 Å². The Morgan fingerprint density at radius 1 is 0.675 bits per heavy atom. The van der Waals surface area contributed by atoms with E-state index in [0.29, 0.717) is 17.5 Å². The Morgan fingerprint density at radius 2 is 1.25 bits per heavy atom. The standard InChI is InChI=1S/C52H71N15O10/c53-35(18-11-23-59-51(54)55)44(69)64-41-27-43(68)58-22-10-9-20-38(50(75)76)63-47(72)40(26-33-28-61-36-19-8-7-17-34(33)36)66-45(70)37(21-12-24-60-52(56)57)62-46(71)39(25-31-13-3-1-4-14-31)65-49(74)42(67-48(41)73)30-77-29-32-15-5-2-6-16-32/h1-8,13-17,19,28,35,37-42,61H,9-12,18,20-27,29-30,53H2,(H,58,68)(H,62,71)(H,63,72)(H,64,69)(H,65,74)(H,66,70)(H,67,73)(H,75,76)(H4,54,55,59)(H4,56,57,60)/t35?,37-,38?,39+,40-,41-,42-/m0/s1. The summed E-state index contributed by atoms with van der Waals surface area (Å²) in [5, 5.41) is 29.6. The van der Waals surface area contributed by atoms with E-state index in [4.69, 9.17) is 33.4 Å². The average Bonchev–Trinajstić information content (AvgIpc) is 3.81. The van der Waals surface area contributed by atoms with Gasteiger partial charge in [0.25, 0.3) is 0 Å². The van der Waals surface area contributed by atoms with Crippen LogP contribution in [0.3, 0.4) is 0 Å². The molecule has 25 heteroatoms. The van der Waals surface area contributed by atoms with Gasteiger partial charge in [-0.15, -0.1) is 0 Å². The first-order valence-corrected chi connectivity index (χ1v) is 25.4. The van der Waals surface area contributed by atoms with Crippen LogP contribution in [0.1, 0.15) is 68.1 Å². The number of carbonyl (C=O) groups is 8. The molecule has 2 heterocycles. The summed E-state index contributed by atoms with van der Waals surface area (Å²) >= 11 is 0. The number of fused-ring (bicyclic) bond motifs is 1. The monoisotopic (exact) mass is 1070 g/mol. The zero-order chi connectivity index (χ0) is 55.7. The first-order valence-electron chi connectivity index (χ1n) is 25.4. The van der Waals surface area contributed by atoms with Gasteiger partial charge in [-0.1, -0.05) is 78.9 Å². The maximum absolute atomic E-state index is 14.7. The highest BCUT2D eigenvalue weighted by atomic mass is 16.5. The highest BCUT2D eigenvalue weighted by Gasteiger charge is 2.35. The molecular weight excluding hydrogens is 995 g/mol. The number of nitrogens with one attached hydrogen (secondary N) is 8. The van der Waals surface area contributed by atoms with Crippen LogP contribution in [0.4, 0.5) is 0 Å². The fourth-order valence-corrected chi connectivity index (χ4v) is 8.33. The van der Waals surface area contributed by atoms with E-state index in [2.05, 4.69) is 52.2 Å². The summed E-state index contributed by atoms with van der Waals surface area (Å²) in [4.78, 5) is 123. The number of nitrogens with two attached hydrogens (primary N) is 5. The Bertz CT molecular complexity index is 2680. The number of nitrogens with zero attached hydrogens (tertiary/aromatic N) is 2. The van der Waals surface area contributed by atoms with Crippen LogP contribution in [-0.2, 0) is 62.5 Å². The smallest absolute Gasteiger partial charge is 0.326 e. The number of hydrogen-bond acceptors (Lipinski definition) is 12. The molecule has 1 saturated heterocycles. The van der Waals surface area contributed by atoms with E-state index in [-0.39, 0.29) is 89.5 Å². The Hall–Kier alpha value is -8.58. The van der Waals surface area contributed by atoms with Crippen molar-refractivity contribution in [2.24, 2.45) is 38.7 Å². The number of carbonyl (C=O) groups excluding carboxylic acids is 7. The van der Waals surface area contributed by atoms with E-state index in [9.17, 15) is 43.5 Å². The third-order valence-electron chi connectivity index (χ3n) is 12.4. The van der Waals surface area contributed by atoms with Crippen molar-refractivity contribution in [3.05, 3.63) is 108 Å². The van der Waals surface area contributed by atoms with Crippen molar-refractivity contribution in [2.45, 2.75) is 113 Å². The van der Waals surface area contributed by atoms with Crippen LogP contribution in [0.2, 0.25) is 0 Å². The van der Waals surface area contributed by atoms with Gasteiger partial charge in [-0.3, -0.25) is 43.5 Å². The van der Waals surface area contributed by atoms with Gasteiger partial charge >= 0.3 is 5.97 Å². The molecule has 3 aromatic carbocycles. The lowest BCUT2D eigenvalue weighted by atomic mass is 10.0. The van der Waals surface area contributed by atoms with E-state index >= 15 is 0 Å². The maximum atomic E-state index is 14.7. The van der Waals surface area contributed by atoms with E-state index in [1.807, 2.05) is 24.3 Å². The molecule has 1 aliphatic heterocycles. The van der Waals surface area contributed by atoms with Crippen LogP contribution in [0.5, 0.6) is 0 Å². The molecule has 0 radical (unpaired) electrons. The second-order valence-corrected chi connectivity index (χ2v) is 18.5. The number of aromatic amines is 1. The van der Waals surface area contributed by atoms with Crippen molar-refractivity contribution in [2.75, 3.05) is 26.2 Å². The summed E-state index contributed by atoms with van der Waals surface area (Å²) in [5.74, 6) is -7.62. The molecule has 7 atom stereocenters. The van der Waals surface area contributed by atoms with Gasteiger partial charge in [-0.25, -0.2) is 4.79 Å². The van der Waals surface area contributed by atoms with E-state index < -0.39 is 103 Å². The molecule has 0 spiro atoms. The predicted molar refractivity (Wildman–Crippen MR) is 287 cm³/mol. The third-order valence-corrected chi connectivity index (χ3v) is 12.4. The summed E-state index contributed by atoms with van der Waals surface area (Å²) in [5.41, 5.74) is 30.9. The summed E-state index contributed by atoms with van der Waals surface area (Å²) in [7, 11) is 0. The number of carboxylic acids is 1. The lowest BCUT2D eigenvalue weighted by molar-refractivity contribution is -0.142. The van der Waals surface area contributed by atoms with E-state index in [0.717, 1.165) is 16.5 Å². The molecule has 0 aliphatic carbocycles. The first kappa shape index (κ1) is 59.3. The van der Waals surface area contributed by atoms with Gasteiger partial charge in [0.2, 0.25) is 41.4 Å². The molecule has 1 fully saturated rings. The molecule has 0 saturated carbocycles. The normalized spacial score (nSPS) is 20.9. The topological polar surface area (TPSA) is 421 Å².